The van der Waals surface area contributed by atoms with Gasteiger partial charge in [-0.25, -0.2) is 0 Å². The minimum absolute atomic E-state index is 0.624. The van der Waals surface area contributed by atoms with Gasteiger partial charge in [0, 0.05) is 0 Å². The zero-order valence-electron chi connectivity index (χ0n) is 9.08. The Labute approximate surface area is 87.1 Å². The van der Waals surface area contributed by atoms with E-state index in [0.29, 0.717) is 5.41 Å². The first-order valence-corrected chi connectivity index (χ1v) is 6.11. The minimum atomic E-state index is 0.624. The highest BCUT2D eigenvalue weighted by molar-refractivity contribution is 5.13. The molecule has 0 aliphatic heterocycles. The zero-order valence-corrected chi connectivity index (χ0v) is 9.08. The van der Waals surface area contributed by atoms with Crippen LogP contribution in [0.5, 0.6) is 0 Å². The average Bonchev–Trinajstić information content (AvgIpc) is 2.57. The van der Waals surface area contributed by atoms with Crippen molar-refractivity contribution in [2.75, 3.05) is 0 Å². The number of rotatable bonds is 0. The molecule has 1 saturated carbocycles. The molecular weight excluding hydrogens is 168 g/mol. The van der Waals surface area contributed by atoms with Crippen molar-refractivity contribution in [2.24, 2.45) is 23.2 Å². The molecule has 0 saturated heterocycles. The number of hydrogen-bond acceptors (Lipinski definition) is 0. The third-order valence-corrected chi connectivity index (χ3v) is 4.84. The summed E-state index contributed by atoms with van der Waals surface area (Å²) < 4.78 is 0. The predicted octanol–water partition coefficient (Wildman–Crippen LogP) is 3.95. The summed E-state index contributed by atoms with van der Waals surface area (Å²) in [5, 5.41) is 0. The van der Waals surface area contributed by atoms with E-state index >= 15 is 0 Å². The Bertz CT molecular complexity index is 286. The summed E-state index contributed by atoms with van der Waals surface area (Å²) in [6, 6.07) is 0. The molecule has 0 aromatic rings. The van der Waals surface area contributed by atoms with Crippen LogP contribution in [0.15, 0.2) is 24.3 Å². The van der Waals surface area contributed by atoms with E-state index in [2.05, 4.69) is 31.2 Å². The first-order chi connectivity index (χ1) is 6.78. The van der Waals surface area contributed by atoms with Gasteiger partial charge >= 0.3 is 0 Å². The number of allylic oxidation sites excluding steroid dienone is 4. The highest BCUT2D eigenvalue weighted by atomic mass is 14.5. The largest absolute Gasteiger partial charge is 0.0882 e. The molecule has 3 aliphatic carbocycles. The molecule has 3 aliphatic rings. The maximum absolute atomic E-state index is 2.52. The van der Waals surface area contributed by atoms with Crippen molar-refractivity contribution >= 4 is 0 Å². The van der Waals surface area contributed by atoms with Crippen LogP contribution in [0, 0.1) is 23.2 Å². The van der Waals surface area contributed by atoms with Gasteiger partial charge in [0.1, 0.15) is 0 Å². The molecule has 3 rings (SSSR count). The van der Waals surface area contributed by atoms with Gasteiger partial charge in [0.05, 0.1) is 0 Å². The van der Waals surface area contributed by atoms with Crippen molar-refractivity contribution in [3.05, 3.63) is 24.3 Å². The second-order valence-corrected chi connectivity index (χ2v) is 5.75. The highest BCUT2D eigenvalue weighted by Gasteiger charge is 2.42. The van der Waals surface area contributed by atoms with Gasteiger partial charge < -0.3 is 0 Å². The fraction of sp³-hybridized carbons (Fsp3) is 0.714. The van der Waals surface area contributed by atoms with Gasteiger partial charge in [-0.05, 0) is 55.3 Å². The smallest absolute Gasteiger partial charge is 0.0191 e. The van der Waals surface area contributed by atoms with E-state index < -0.39 is 0 Å². The van der Waals surface area contributed by atoms with Gasteiger partial charge in [-0.3, -0.25) is 0 Å². The third-order valence-electron chi connectivity index (χ3n) is 4.84. The molecule has 4 atom stereocenters. The Balaban J connectivity index is 1.95. The zero-order chi connectivity index (χ0) is 9.60. The van der Waals surface area contributed by atoms with Crippen LogP contribution in [0.2, 0.25) is 0 Å². The fourth-order valence-electron chi connectivity index (χ4n) is 3.84. The molecule has 1 fully saturated rings. The van der Waals surface area contributed by atoms with Crippen molar-refractivity contribution in [2.45, 2.75) is 39.0 Å². The van der Waals surface area contributed by atoms with Crippen molar-refractivity contribution < 1.29 is 0 Å². The lowest BCUT2D eigenvalue weighted by atomic mass is 9.64. The lowest BCUT2D eigenvalue weighted by Crippen LogP contribution is -2.32. The van der Waals surface area contributed by atoms with Gasteiger partial charge in [0.25, 0.3) is 0 Å². The lowest BCUT2D eigenvalue weighted by Gasteiger charge is -2.41. The molecule has 0 amide bonds. The van der Waals surface area contributed by atoms with E-state index in [-0.39, 0.29) is 0 Å². The maximum Gasteiger partial charge on any atom is -0.0191 e. The highest BCUT2D eigenvalue weighted by Crippen LogP contribution is 2.53. The molecule has 2 bridgehead atoms. The van der Waals surface area contributed by atoms with Crippen molar-refractivity contribution in [3.63, 3.8) is 0 Å². The summed E-state index contributed by atoms with van der Waals surface area (Å²) in [6.07, 6.45) is 16.8. The van der Waals surface area contributed by atoms with E-state index in [1.165, 1.54) is 32.1 Å². The van der Waals surface area contributed by atoms with Crippen molar-refractivity contribution in [3.8, 4) is 0 Å². The summed E-state index contributed by atoms with van der Waals surface area (Å²) in [5.74, 6) is 2.76. The second kappa shape index (κ2) is 2.98. The lowest BCUT2D eigenvalue weighted by molar-refractivity contribution is 0.135. The molecule has 0 radical (unpaired) electrons. The monoisotopic (exact) mass is 188 g/mol. The standard InChI is InChI=1S/C14H20/c1-14-8-3-2-4-13(14)12-6-5-11(10-12)7-9-14/h2-3,5-6,11-13H,4,7-10H2,1H3. The van der Waals surface area contributed by atoms with Crippen LogP contribution in [-0.4, -0.2) is 0 Å². The van der Waals surface area contributed by atoms with Crippen LogP contribution in [0.25, 0.3) is 0 Å². The molecule has 0 nitrogen and oxygen atoms in total. The minimum Gasteiger partial charge on any atom is -0.0882 e. The van der Waals surface area contributed by atoms with Gasteiger partial charge in [0.15, 0.2) is 0 Å². The molecule has 0 aromatic heterocycles. The van der Waals surface area contributed by atoms with E-state index in [4.69, 9.17) is 0 Å². The Morgan fingerprint density at radius 3 is 3.07 bits per heavy atom. The van der Waals surface area contributed by atoms with E-state index in [1.807, 2.05) is 0 Å². The summed E-state index contributed by atoms with van der Waals surface area (Å²) in [5.41, 5.74) is 0.624. The Kier molecular flexibility index (Phi) is 1.87. The second-order valence-electron chi connectivity index (χ2n) is 5.75. The topological polar surface area (TPSA) is 0 Å². The SMILES string of the molecule is CC12CC=CCC1C1C=CC(CC2)C1. The molecule has 14 heavy (non-hydrogen) atoms. The van der Waals surface area contributed by atoms with Crippen molar-refractivity contribution in [1.82, 2.24) is 0 Å². The molecule has 0 spiro atoms. The molecule has 0 heterocycles. The summed E-state index contributed by atoms with van der Waals surface area (Å²) in [7, 11) is 0. The maximum atomic E-state index is 2.52. The average molecular weight is 188 g/mol. The molecule has 0 N–H and O–H groups in total. The Morgan fingerprint density at radius 1 is 1.21 bits per heavy atom. The van der Waals surface area contributed by atoms with Crippen LogP contribution >= 0.6 is 0 Å². The van der Waals surface area contributed by atoms with E-state index in [9.17, 15) is 0 Å². The van der Waals surface area contributed by atoms with Crippen LogP contribution in [-0.2, 0) is 0 Å². The summed E-state index contributed by atoms with van der Waals surface area (Å²) in [6.45, 7) is 2.52. The van der Waals surface area contributed by atoms with E-state index in [1.54, 1.807) is 0 Å². The third kappa shape index (κ3) is 1.20. The van der Waals surface area contributed by atoms with Gasteiger partial charge in [-0.15, -0.1) is 0 Å². The molecule has 76 valence electrons. The molecule has 4 unspecified atom stereocenters. The first kappa shape index (κ1) is 8.76. The number of fused-ring (bicyclic) bond motifs is 4. The molecule has 0 aromatic carbocycles. The van der Waals surface area contributed by atoms with Crippen molar-refractivity contribution in [1.29, 1.82) is 0 Å². The van der Waals surface area contributed by atoms with Gasteiger partial charge in [-0.1, -0.05) is 31.2 Å². The van der Waals surface area contributed by atoms with E-state index in [0.717, 1.165) is 17.8 Å². The Morgan fingerprint density at radius 2 is 2.14 bits per heavy atom. The molecular formula is C14H20. The van der Waals surface area contributed by atoms with Crippen LogP contribution < -0.4 is 0 Å². The van der Waals surface area contributed by atoms with Crippen LogP contribution in [0.1, 0.15) is 39.0 Å². The quantitative estimate of drug-likeness (QED) is 0.505. The van der Waals surface area contributed by atoms with Gasteiger partial charge in [-0.2, -0.15) is 0 Å². The molecule has 0 heteroatoms. The Hall–Kier alpha value is -0.520. The number of hydrogen-bond donors (Lipinski definition) is 0. The first-order valence-electron chi connectivity index (χ1n) is 6.11. The van der Waals surface area contributed by atoms with Gasteiger partial charge in [0.2, 0.25) is 0 Å². The van der Waals surface area contributed by atoms with Crippen LogP contribution in [0.4, 0.5) is 0 Å². The summed E-state index contributed by atoms with van der Waals surface area (Å²) in [4.78, 5) is 0. The normalized spacial score (nSPS) is 50.2. The summed E-state index contributed by atoms with van der Waals surface area (Å²) >= 11 is 0. The fourth-order valence-corrected chi connectivity index (χ4v) is 3.84. The van der Waals surface area contributed by atoms with Crippen LogP contribution in [0.3, 0.4) is 0 Å². The predicted molar refractivity (Wildman–Crippen MR) is 59.9 cm³/mol.